The molecule has 1 aliphatic carbocycles. The van der Waals surface area contributed by atoms with E-state index in [9.17, 15) is 30.7 Å². The molecule has 8 heteroatoms. The van der Waals surface area contributed by atoms with Gasteiger partial charge in [-0.2, -0.15) is 22.0 Å². The van der Waals surface area contributed by atoms with Crippen LogP contribution in [0.25, 0.3) is 11.1 Å². The van der Waals surface area contributed by atoms with E-state index in [0.717, 1.165) is 43.2 Å². The number of hydrogen-bond donors (Lipinski definition) is 0. The third kappa shape index (κ3) is 6.25. The van der Waals surface area contributed by atoms with E-state index in [4.69, 9.17) is 0 Å². The molecule has 2 aromatic rings. The van der Waals surface area contributed by atoms with Crippen molar-refractivity contribution in [1.29, 1.82) is 0 Å². The lowest BCUT2D eigenvalue weighted by Crippen LogP contribution is -2.45. The molecule has 34 heavy (non-hydrogen) atoms. The molecule has 0 aromatic heterocycles. The van der Waals surface area contributed by atoms with Gasteiger partial charge in [0.15, 0.2) is 0 Å². The highest BCUT2D eigenvalue weighted by Gasteiger charge is 2.59. The molecule has 1 aliphatic rings. The smallest absolute Gasteiger partial charge is 0.430 e. The molecule has 1 fully saturated rings. The number of ether oxygens (including phenoxy) is 1. The summed E-state index contributed by atoms with van der Waals surface area (Å²) in [5.41, 5.74) is 1.54. The Morgan fingerprint density at radius 1 is 0.971 bits per heavy atom. The SMILES string of the molecule is CCCCC1CCC(c2ccc(-c3ccc(OC(F)(F)C(F)C(F)(F)F)c(C)c3)c(F)c2)CC1. The van der Waals surface area contributed by atoms with Crippen LogP contribution in [0.1, 0.15) is 68.9 Å². The highest BCUT2D eigenvalue weighted by molar-refractivity contribution is 5.66. The van der Waals surface area contributed by atoms with Gasteiger partial charge in [-0.05, 0) is 79.3 Å². The number of halogens is 7. The molecule has 1 nitrogen and oxygen atoms in total. The van der Waals surface area contributed by atoms with Gasteiger partial charge in [-0.3, -0.25) is 0 Å². The predicted molar refractivity (Wildman–Crippen MR) is 117 cm³/mol. The zero-order chi connectivity index (χ0) is 25.1. The molecule has 3 rings (SSSR count). The van der Waals surface area contributed by atoms with Crippen molar-refractivity contribution in [1.82, 2.24) is 0 Å². The van der Waals surface area contributed by atoms with E-state index in [-0.39, 0.29) is 11.1 Å². The van der Waals surface area contributed by atoms with Gasteiger partial charge >= 0.3 is 12.3 Å². The fourth-order valence-electron chi connectivity index (χ4n) is 4.62. The van der Waals surface area contributed by atoms with E-state index in [1.807, 2.05) is 6.07 Å². The Labute approximate surface area is 195 Å². The summed E-state index contributed by atoms with van der Waals surface area (Å²) in [6.45, 7) is 3.50. The Morgan fingerprint density at radius 2 is 1.65 bits per heavy atom. The van der Waals surface area contributed by atoms with E-state index < -0.39 is 30.0 Å². The standard InChI is InChI=1S/C26H29F7O/c1-3-4-5-17-6-8-18(9-7-17)19-10-12-21(22(27)15-19)20-11-13-23(16(2)14-20)34-26(32,33)24(28)25(29,30)31/h10-15,17-18,24H,3-9H2,1-2H3. The van der Waals surface area contributed by atoms with Crippen LogP contribution in [0.4, 0.5) is 30.7 Å². The largest absolute Gasteiger partial charge is 0.439 e. The van der Waals surface area contributed by atoms with Crippen molar-refractivity contribution in [2.75, 3.05) is 0 Å². The maximum absolute atomic E-state index is 14.9. The first-order chi connectivity index (χ1) is 15.9. The third-order valence-corrected chi connectivity index (χ3v) is 6.59. The van der Waals surface area contributed by atoms with E-state index in [1.165, 1.54) is 44.4 Å². The van der Waals surface area contributed by atoms with Crippen LogP contribution in [0.5, 0.6) is 5.75 Å². The minimum Gasteiger partial charge on any atom is -0.430 e. The lowest BCUT2D eigenvalue weighted by Gasteiger charge is -2.29. The van der Waals surface area contributed by atoms with E-state index in [1.54, 1.807) is 6.07 Å². The van der Waals surface area contributed by atoms with E-state index in [0.29, 0.717) is 11.5 Å². The van der Waals surface area contributed by atoms with Crippen molar-refractivity contribution in [3.8, 4) is 16.9 Å². The Morgan fingerprint density at radius 3 is 2.21 bits per heavy atom. The predicted octanol–water partition coefficient (Wildman–Crippen LogP) is 9.14. The highest BCUT2D eigenvalue weighted by atomic mass is 19.4. The van der Waals surface area contributed by atoms with Crippen LogP contribution in [0.15, 0.2) is 36.4 Å². The van der Waals surface area contributed by atoms with Crippen molar-refractivity contribution in [2.45, 2.75) is 83.2 Å². The number of alkyl halides is 6. The summed E-state index contributed by atoms with van der Waals surface area (Å²) in [6, 6.07) is 8.56. The van der Waals surface area contributed by atoms with Crippen molar-refractivity contribution >= 4 is 0 Å². The van der Waals surface area contributed by atoms with Crippen molar-refractivity contribution in [3.05, 3.63) is 53.3 Å². The van der Waals surface area contributed by atoms with Gasteiger partial charge in [-0.15, -0.1) is 0 Å². The van der Waals surface area contributed by atoms with Crippen LogP contribution >= 0.6 is 0 Å². The molecule has 188 valence electrons. The molecule has 0 amide bonds. The van der Waals surface area contributed by atoms with Gasteiger partial charge in [0.05, 0.1) is 0 Å². The molecule has 0 heterocycles. The minimum atomic E-state index is -5.77. The van der Waals surface area contributed by atoms with Gasteiger partial charge in [-0.1, -0.05) is 44.4 Å². The first kappa shape index (κ1) is 26.4. The molecule has 0 bridgehead atoms. The Kier molecular flexibility index (Phi) is 8.19. The average molecular weight is 491 g/mol. The van der Waals surface area contributed by atoms with Crippen molar-refractivity contribution < 1.29 is 35.5 Å². The molecule has 0 saturated heterocycles. The second-order valence-corrected chi connectivity index (χ2v) is 9.15. The van der Waals surface area contributed by atoms with E-state index in [2.05, 4.69) is 11.7 Å². The third-order valence-electron chi connectivity index (χ3n) is 6.59. The Balaban J connectivity index is 1.72. The molecule has 0 spiro atoms. The van der Waals surface area contributed by atoms with Crippen LogP contribution in [0, 0.1) is 18.7 Å². The van der Waals surface area contributed by atoms with Gasteiger partial charge in [-0.25, -0.2) is 8.78 Å². The second-order valence-electron chi connectivity index (χ2n) is 9.15. The summed E-state index contributed by atoms with van der Waals surface area (Å²) in [7, 11) is 0. The van der Waals surface area contributed by atoms with Crippen molar-refractivity contribution in [3.63, 3.8) is 0 Å². The van der Waals surface area contributed by atoms with Crippen LogP contribution in [-0.4, -0.2) is 18.5 Å². The van der Waals surface area contributed by atoms with Gasteiger partial charge in [0.2, 0.25) is 0 Å². The first-order valence-corrected chi connectivity index (χ1v) is 11.6. The summed E-state index contributed by atoms with van der Waals surface area (Å²) in [4.78, 5) is 0. The fourth-order valence-corrected chi connectivity index (χ4v) is 4.62. The van der Waals surface area contributed by atoms with Crippen LogP contribution in [0.2, 0.25) is 0 Å². The fraction of sp³-hybridized carbons (Fsp3) is 0.538. The molecule has 0 N–H and O–H groups in total. The summed E-state index contributed by atoms with van der Waals surface area (Å²) >= 11 is 0. The number of benzene rings is 2. The minimum absolute atomic E-state index is 0.0282. The zero-order valence-electron chi connectivity index (χ0n) is 19.2. The summed E-state index contributed by atoms with van der Waals surface area (Å²) < 4.78 is 96.3. The molecule has 1 unspecified atom stereocenters. The quantitative estimate of drug-likeness (QED) is 0.335. The molecule has 0 radical (unpaired) electrons. The van der Waals surface area contributed by atoms with Gasteiger partial charge < -0.3 is 4.74 Å². The Hall–Kier alpha value is -2.25. The number of aryl methyl sites for hydroxylation is 1. The van der Waals surface area contributed by atoms with E-state index >= 15 is 0 Å². The van der Waals surface area contributed by atoms with Gasteiger partial charge in [0.25, 0.3) is 6.17 Å². The van der Waals surface area contributed by atoms with Crippen LogP contribution in [-0.2, 0) is 0 Å². The maximum Gasteiger partial charge on any atom is 0.439 e. The maximum atomic E-state index is 14.9. The molecule has 2 aromatic carbocycles. The molecule has 0 aliphatic heterocycles. The molecular formula is C26H29F7O. The first-order valence-electron chi connectivity index (χ1n) is 11.6. The lowest BCUT2D eigenvalue weighted by atomic mass is 9.77. The molecule has 1 atom stereocenters. The molecular weight excluding hydrogens is 461 g/mol. The lowest BCUT2D eigenvalue weighted by molar-refractivity contribution is -0.305. The monoisotopic (exact) mass is 490 g/mol. The number of rotatable bonds is 8. The number of hydrogen-bond acceptors (Lipinski definition) is 1. The van der Waals surface area contributed by atoms with Crippen LogP contribution < -0.4 is 4.74 Å². The topological polar surface area (TPSA) is 9.23 Å². The Bertz CT molecular complexity index is 962. The molecule has 1 saturated carbocycles. The highest BCUT2D eigenvalue weighted by Crippen LogP contribution is 2.40. The van der Waals surface area contributed by atoms with Crippen LogP contribution in [0.3, 0.4) is 0 Å². The summed E-state index contributed by atoms with van der Waals surface area (Å²) in [5.74, 6) is -0.0499. The normalized spacial score (nSPS) is 20.3. The van der Waals surface area contributed by atoms with Gasteiger partial charge in [0.1, 0.15) is 11.6 Å². The zero-order valence-corrected chi connectivity index (χ0v) is 19.2. The van der Waals surface area contributed by atoms with Gasteiger partial charge in [0, 0.05) is 5.56 Å². The van der Waals surface area contributed by atoms with Crippen molar-refractivity contribution in [2.24, 2.45) is 5.92 Å². The summed E-state index contributed by atoms with van der Waals surface area (Å²) in [6.07, 6.45) is -7.37. The average Bonchev–Trinajstić information content (AvgIpc) is 2.78. The summed E-state index contributed by atoms with van der Waals surface area (Å²) in [5, 5.41) is 0. The second kappa shape index (κ2) is 10.6. The number of unbranched alkanes of at least 4 members (excludes halogenated alkanes) is 1.